The standard InChI is InChI=1S/C18H26N2O5/c1-11(2)19-7-9-23-17(21)15-13-5-6-14(25-13)16(15)18(22)24-10-8-20-12(3)4/h5-6,13-16H,7-10H2,1-4H3/t13-,14+,15+,16-. The van der Waals surface area contributed by atoms with Crippen molar-refractivity contribution < 1.29 is 23.8 Å². The number of carbonyl (C=O) groups excluding carboxylic acids is 2. The second-order valence-corrected chi connectivity index (χ2v) is 6.49. The molecule has 0 N–H and O–H groups in total. The van der Waals surface area contributed by atoms with Gasteiger partial charge in [0.25, 0.3) is 0 Å². The van der Waals surface area contributed by atoms with Gasteiger partial charge in [-0.15, -0.1) is 0 Å². The molecule has 0 aromatic heterocycles. The highest BCUT2D eigenvalue weighted by Crippen LogP contribution is 2.40. The fourth-order valence-corrected chi connectivity index (χ4v) is 2.89. The van der Waals surface area contributed by atoms with Gasteiger partial charge in [0, 0.05) is 11.4 Å². The van der Waals surface area contributed by atoms with Gasteiger partial charge in [0.1, 0.15) is 25.0 Å². The van der Waals surface area contributed by atoms with Gasteiger partial charge in [-0.3, -0.25) is 19.6 Å². The van der Waals surface area contributed by atoms with Crippen LogP contribution < -0.4 is 0 Å². The van der Waals surface area contributed by atoms with Crippen LogP contribution in [0.1, 0.15) is 27.7 Å². The van der Waals surface area contributed by atoms with E-state index in [1.807, 2.05) is 27.7 Å². The highest BCUT2D eigenvalue weighted by molar-refractivity contribution is 5.85. The first-order valence-corrected chi connectivity index (χ1v) is 8.52. The lowest BCUT2D eigenvalue weighted by molar-refractivity contribution is -0.159. The zero-order chi connectivity index (χ0) is 18.4. The van der Waals surface area contributed by atoms with Crippen molar-refractivity contribution in [2.24, 2.45) is 21.8 Å². The first kappa shape index (κ1) is 19.3. The molecule has 0 saturated carbocycles. The number of nitrogens with zero attached hydrogens (tertiary/aromatic N) is 2. The molecule has 4 atom stereocenters. The molecule has 2 aliphatic heterocycles. The highest BCUT2D eigenvalue weighted by Gasteiger charge is 2.54. The minimum atomic E-state index is -0.661. The van der Waals surface area contributed by atoms with Crippen molar-refractivity contribution in [1.29, 1.82) is 0 Å². The topological polar surface area (TPSA) is 86.5 Å². The van der Waals surface area contributed by atoms with Gasteiger partial charge in [0.05, 0.1) is 25.3 Å². The van der Waals surface area contributed by atoms with Crippen LogP contribution in [0, 0.1) is 11.8 Å². The number of aliphatic imine (C=N–C) groups is 2. The zero-order valence-electron chi connectivity index (χ0n) is 15.2. The number of hydrogen-bond acceptors (Lipinski definition) is 7. The molecule has 1 saturated heterocycles. The molecule has 0 spiro atoms. The van der Waals surface area contributed by atoms with E-state index in [-0.39, 0.29) is 13.2 Å². The summed E-state index contributed by atoms with van der Waals surface area (Å²) < 4.78 is 16.2. The van der Waals surface area contributed by atoms with E-state index in [4.69, 9.17) is 14.2 Å². The largest absolute Gasteiger partial charge is 0.463 e. The molecule has 2 rings (SSSR count). The van der Waals surface area contributed by atoms with Crippen molar-refractivity contribution in [3.05, 3.63) is 12.2 Å². The Morgan fingerprint density at radius 1 is 0.840 bits per heavy atom. The molecule has 0 aliphatic carbocycles. The molecule has 138 valence electrons. The van der Waals surface area contributed by atoms with Crippen molar-refractivity contribution in [3.63, 3.8) is 0 Å². The molecule has 0 radical (unpaired) electrons. The van der Waals surface area contributed by atoms with Crippen LogP contribution in [0.3, 0.4) is 0 Å². The van der Waals surface area contributed by atoms with E-state index in [9.17, 15) is 9.59 Å². The Bertz CT molecular complexity index is 538. The summed E-state index contributed by atoms with van der Waals surface area (Å²) in [5, 5.41) is 0. The van der Waals surface area contributed by atoms with Crippen molar-refractivity contribution in [2.45, 2.75) is 39.9 Å². The van der Waals surface area contributed by atoms with E-state index in [2.05, 4.69) is 9.98 Å². The summed E-state index contributed by atoms with van der Waals surface area (Å²) in [5.74, 6) is -2.20. The lowest BCUT2D eigenvalue weighted by Gasteiger charge is -2.22. The van der Waals surface area contributed by atoms with Gasteiger partial charge in [0.2, 0.25) is 0 Å². The Hall–Kier alpha value is -2.02. The Kier molecular flexibility index (Phi) is 6.87. The van der Waals surface area contributed by atoms with Gasteiger partial charge in [-0.1, -0.05) is 12.2 Å². The van der Waals surface area contributed by atoms with Gasteiger partial charge in [-0.2, -0.15) is 0 Å². The normalized spacial score (nSPS) is 26.2. The lowest BCUT2D eigenvalue weighted by Crippen LogP contribution is -2.38. The van der Waals surface area contributed by atoms with E-state index >= 15 is 0 Å². The number of carbonyl (C=O) groups is 2. The molecule has 25 heavy (non-hydrogen) atoms. The van der Waals surface area contributed by atoms with Gasteiger partial charge < -0.3 is 14.2 Å². The van der Waals surface area contributed by atoms with Crippen LogP contribution >= 0.6 is 0 Å². The van der Waals surface area contributed by atoms with Gasteiger partial charge in [-0.25, -0.2) is 0 Å². The van der Waals surface area contributed by atoms with Crippen LogP contribution in [0.5, 0.6) is 0 Å². The van der Waals surface area contributed by atoms with Crippen LogP contribution in [-0.4, -0.2) is 61.9 Å². The summed E-state index contributed by atoms with van der Waals surface area (Å²) in [6.45, 7) is 8.73. The molecule has 1 fully saturated rings. The summed E-state index contributed by atoms with van der Waals surface area (Å²) in [6.07, 6.45) is 2.75. The van der Waals surface area contributed by atoms with Crippen molar-refractivity contribution >= 4 is 23.4 Å². The third-order valence-corrected chi connectivity index (χ3v) is 3.97. The number of esters is 2. The molecule has 0 unspecified atom stereocenters. The first-order chi connectivity index (χ1) is 11.9. The number of fused-ring (bicyclic) bond motifs is 2. The molecule has 2 bridgehead atoms. The van der Waals surface area contributed by atoms with Crippen molar-refractivity contribution in [1.82, 2.24) is 0 Å². The lowest BCUT2D eigenvalue weighted by atomic mass is 9.83. The Labute approximate surface area is 148 Å². The molecule has 2 aliphatic rings. The van der Waals surface area contributed by atoms with Crippen LogP contribution in [0.2, 0.25) is 0 Å². The SMILES string of the molecule is CC(C)=NCCOC(=O)[C@@H]1[C@H](C(=O)OCCN=C(C)C)[C@@H]2C=C[C@H]1O2. The Balaban J connectivity index is 1.90. The van der Waals surface area contributed by atoms with E-state index in [1.54, 1.807) is 12.2 Å². The van der Waals surface area contributed by atoms with E-state index in [0.29, 0.717) is 13.1 Å². The number of ether oxygens (including phenoxy) is 3. The summed E-state index contributed by atoms with van der Waals surface area (Å²) >= 11 is 0. The average molecular weight is 350 g/mol. The fraction of sp³-hybridized carbons (Fsp3) is 0.667. The van der Waals surface area contributed by atoms with Crippen LogP contribution in [-0.2, 0) is 23.8 Å². The molecule has 0 aromatic carbocycles. The summed E-state index contributed by atoms with van der Waals surface area (Å²) in [6, 6.07) is 0. The minimum Gasteiger partial charge on any atom is -0.463 e. The van der Waals surface area contributed by atoms with Crippen molar-refractivity contribution in [3.8, 4) is 0 Å². The maximum absolute atomic E-state index is 12.4. The van der Waals surface area contributed by atoms with Crippen LogP contribution in [0.15, 0.2) is 22.1 Å². The molecular formula is C18H26N2O5. The minimum absolute atomic E-state index is 0.188. The van der Waals surface area contributed by atoms with Crippen LogP contribution in [0.25, 0.3) is 0 Å². The predicted molar refractivity (Wildman–Crippen MR) is 94.0 cm³/mol. The summed E-state index contributed by atoms with van der Waals surface area (Å²) in [4.78, 5) is 33.2. The smallest absolute Gasteiger partial charge is 0.312 e. The number of rotatable bonds is 8. The quantitative estimate of drug-likeness (QED) is 0.287. The number of hydrogen-bond donors (Lipinski definition) is 0. The van der Waals surface area contributed by atoms with Gasteiger partial charge in [0.15, 0.2) is 0 Å². The Morgan fingerprint density at radius 2 is 1.24 bits per heavy atom. The third-order valence-electron chi connectivity index (χ3n) is 3.97. The maximum atomic E-state index is 12.4. The molecule has 0 aromatic rings. The van der Waals surface area contributed by atoms with Gasteiger partial charge >= 0.3 is 11.9 Å². The second kappa shape index (κ2) is 8.89. The summed E-state index contributed by atoms with van der Waals surface area (Å²) in [5.41, 5.74) is 1.85. The summed E-state index contributed by atoms with van der Waals surface area (Å²) in [7, 11) is 0. The zero-order valence-corrected chi connectivity index (χ0v) is 15.2. The molecule has 0 amide bonds. The van der Waals surface area contributed by atoms with Crippen LogP contribution in [0.4, 0.5) is 0 Å². The molecule has 7 nitrogen and oxygen atoms in total. The predicted octanol–water partition coefficient (Wildman–Crippen LogP) is 1.60. The third kappa shape index (κ3) is 5.22. The maximum Gasteiger partial charge on any atom is 0.312 e. The Morgan fingerprint density at radius 3 is 1.60 bits per heavy atom. The molecular weight excluding hydrogens is 324 g/mol. The fourth-order valence-electron chi connectivity index (χ4n) is 2.89. The first-order valence-electron chi connectivity index (χ1n) is 8.52. The second-order valence-electron chi connectivity index (χ2n) is 6.49. The highest BCUT2D eigenvalue weighted by atomic mass is 16.6. The van der Waals surface area contributed by atoms with Crippen molar-refractivity contribution in [2.75, 3.05) is 26.3 Å². The van der Waals surface area contributed by atoms with Gasteiger partial charge in [-0.05, 0) is 27.7 Å². The average Bonchev–Trinajstić information content (AvgIpc) is 3.15. The van der Waals surface area contributed by atoms with E-state index in [0.717, 1.165) is 11.4 Å². The monoisotopic (exact) mass is 350 g/mol. The van der Waals surface area contributed by atoms with E-state index in [1.165, 1.54) is 0 Å². The molecule has 7 heteroatoms. The molecule has 2 heterocycles. The van der Waals surface area contributed by atoms with E-state index < -0.39 is 36.0 Å².